The predicted octanol–water partition coefficient (Wildman–Crippen LogP) is 2.76. The third kappa shape index (κ3) is 6.32. The van der Waals surface area contributed by atoms with Crippen LogP contribution >= 0.6 is 23.2 Å². The fourth-order valence-corrected chi connectivity index (χ4v) is 0.496. The van der Waals surface area contributed by atoms with Crippen LogP contribution in [-0.4, -0.2) is 4.84 Å². The minimum Gasteiger partial charge on any atom is -0.105 e. The van der Waals surface area contributed by atoms with Crippen molar-refractivity contribution in [3.8, 4) is 0 Å². The highest BCUT2D eigenvalue weighted by atomic mass is 35.5. The molecule has 0 aromatic carbocycles. The Morgan fingerprint density at radius 3 is 2.29 bits per heavy atom. The van der Waals surface area contributed by atoms with E-state index in [0.717, 1.165) is 12.8 Å². The van der Waals surface area contributed by atoms with Gasteiger partial charge in [-0.05, 0) is 12.8 Å². The van der Waals surface area contributed by atoms with Gasteiger partial charge in [0.2, 0.25) is 0 Å². The Labute approximate surface area is 54.1 Å². The summed E-state index contributed by atoms with van der Waals surface area (Å²) in [5, 5.41) is 0. The van der Waals surface area contributed by atoms with Crippen LogP contribution in [0.4, 0.5) is 0 Å². The number of hydrogen-bond acceptors (Lipinski definition) is 0. The van der Waals surface area contributed by atoms with Crippen molar-refractivity contribution >= 4 is 23.2 Å². The van der Waals surface area contributed by atoms with E-state index in [-0.39, 0.29) is 4.84 Å². The zero-order chi connectivity index (χ0) is 5.70. The van der Waals surface area contributed by atoms with Crippen molar-refractivity contribution < 1.29 is 0 Å². The molecule has 0 unspecified atom stereocenters. The quantitative estimate of drug-likeness (QED) is 0.416. The largest absolute Gasteiger partial charge is 0.108 e. The first kappa shape index (κ1) is 7.32. The summed E-state index contributed by atoms with van der Waals surface area (Å²) in [6, 6.07) is 0. The summed E-state index contributed by atoms with van der Waals surface area (Å²) in [6.07, 6.45) is 3.52. The Bertz CT molecular complexity index is 50.0. The van der Waals surface area contributed by atoms with Crippen molar-refractivity contribution in [3.05, 3.63) is 12.7 Å². The maximum absolute atomic E-state index is 5.37. The molecule has 0 aliphatic carbocycles. The SMILES string of the molecule is C=CCCC(Cl)Cl. The Hall–Kier alpha value is 0.320. The fraction of sp³-hybridized carbons (Fsp3) is 0.600. The van der Waals surface area contributed by atoms with Crippen LogP contribution in [0.3, 0.4) is 0 Å². The molecular formula is C5H8Cl2. The van der Waals surface area contributed by atoms with Crippen molar-refractivity contribution in [2.24, 2.45) is 0 Å². The van der Waals surface area contributed by atoms with Crippen LogP contribution in [0.25, 0.3) is 0 Å². The van der Waals surface area contributed by atoms with E-state index in [4.69, 9.17) is 23.2 Å². The first-order valence-electron chi connectivity index (χ1n) is 2.16. The molecule has 0 aliphatic heterocycles. The van der Waals surface area contributed by atoms with Gasteiger partial charge in [0.1, 0.15) is 4.84 Å². The van der Waals surface area contributed by atoms with Gasteiger partial charge in [0.25, 0.3) is 0 Å². The number of rotatable bonds is 3. The molecule has 0 aromatic heterocycles. The van der Waals surface area contributed by atoms with Crippen LogP contribution in [0.5, 0.6) is 0 Å². The molecule has 0 spiro atoms. The second-order valence-corrected chi connectivity index (χ2v) is 2.53. The highest BCUT2D eigenvalue weighted by Crippen LogP contribution is 2.08. The summed E-state index contributed by atoms with van der Waals surface area (Å²) in [4.78, 5) is -0.224. The Balaban J connectivity index is 2.81. The Kier molecular flexibility index (Phi) is 4.68. The topological polar surface area (TPSA) is 0 Å². The summed E-state index contributed by atoms with van der Waals surface area (Å²) >= 11 is 10.7. The lowest BCUT2D eigenvalue weighted by atomic mass is 10.3. The lowest BCUT2D eigenvalue weighted by molar-refractivity contribution is 0.927. The van der Waals surface area contributed by atoms with Crippen LogP contribution in [0.1, 0.15) is 12.8 Å². The summed E-state index contributed by atoms with van der Waals surface area (Å²) in [5.41, 5.74) is 0. The molecule has 0 saturated heterocycles. The van der Waals surface area contributed by atoms with Gasteiger partial charge in [0, 0.05) is 0 Å². The van der Waals surface area contributed by atoms with Crippen molar-refractivity contribution in [2.75, 3.05) is 0 Å². The summed E-state index contributed by atoms with van der Waals surface area (Å²) in [6.45, 7) is 3.52. The molecule has 0 heterocycles. The predicted molar refractivity (Wildman–Crippen MR) is 34.9 cm³/mol. The monoisotopic (exact) mass is 138 g/mol. The zero-order valence-electron chi connectivity index (χ0n) is 4.03. The van der Waals surface area contributed by atoms with Crippen LogP contribution in [-0.2, 0) is 0 Å². The molecule has 0 nitrogen and oxygen atoms in total. The summed E-state index contributed by atoms with van der Waals surface area (Å²) in [5.74, 6) is 0. The van der Waals surface area contributed by atoms with Gasteiger partial charge in [-0.3, -0.25) is 0 Å². The molecule has 7 heavy (non-hydrogen) atoms. The molecule has 0 bridgehead atoms. The minimum absolute atomic E-state index is 0.224. The average Bonchev–Trinajstić information content (AvgIpc) is 1.61. The molecule has 0 aliphatic rings. The number of allylic oxidation sites excluding steroid dienone is 1. The van der Waals surface area contributed by atoms with E-state index in [2.05, 4.69) is 6.58 Å². The molecule has 0 rings (SSSR count). The number of halogens is 2. The molecule has 0 radical (unpaired) electrons. The smallest absolute Gasteiger partial charge is 0.105 e. The van der Waals surface area contributed by atoms with E-state index >= 15 is 0 Å². The molecule has 0 amide bonds. The second-order valence-electron chi connectivity index (χ2n) is 1.26. The first-order valence-corrected chi connectivity index (χ1v) is 3.03. The third-order valence-corrected chi connectivity index (χ3v) is 1.03. The van der Waals surface area contributed by atoms with Crippen LogP contribution in [0.15, 0.2) is 12.7 Å². The lowest BCUT2D eigenvalue weighted by Gasteiger charge is -1.91. The minimum atomic E-state index is -0.224. The molecule has 0 N–H and O–H groups in total. The van der Waals surface area contributed by atoms with Crippen LogP contribution in [0.2, 0.25) is 0 Å². The molecule has 2 heteroatoms. The summed E-state index contributed by atoms with van der Waals surface area (Å²) in [7, 11) is 0. The standard InChI is InChI=1S/C5H8Cl2/c1-2-3-4-5(6)7/h2,5H,1,3-4H2. The Morgan fingerprint density at radius 2 is 2.14 bits per heavy atom. The molecule has 42 valence electrons. The third-order valence-electron chi connectivity index (χ3n) is 0.589. The van der Waals surface area contributed by atoms with Crippen molar-refractivity contribution in [1.29, 1.82) is 0 Å². The normalized spacial score (nSPS) is 9.57. The van der Waals surface area contributed by atoms with Gasteiger partial charge in [-0.15, -0.1) is 29.8 Å². The van der Waals surface area contributed by atoms with Crippen molar-refractivity contribution in [3.63, 3.8) is 0 Å². The molecular weight excluding hydrogens is 131 g/mol. The second kappa shape index (κ2) is 4.48. The van der Waals surface area contributed by atoms with Gasteiger partial charge in [-0.1, -0.05) is 6.08 Å². The van der Waals surface area contributed by atoms with E-state index < -0.39 is 0 Å². The zero-order valence-corrected chi connectivity index (χ0v) is 5.54. The summed E-state index contributed by atoms with van der Waals surface area (Å²) < 4.78 is 0. The molecule has 0 saturated carbocycles. The highest BCUT2D eigenvalue weighted by Gasteiger charge is 1.92. The van der Waals surface area contributed by atoms with Gasteiger partial charge >= 0.3 is 0 Å². The fourth-order valence-electron chi connectivity index (χ4n) is 0.244. The van der Waals surface area contributed by atoms with Gasteiger partial charge in [0.15, 0.2) is 0 Å². The lowest BCUT2D eigenvalue weighted by Crippen LogP contribution is -1.81. The highest BCUT2D eigenvalue weighted by molar-refractivity contribution is 6.44. The van der Waals surface area contributed by atoms with Gasteiger partial charge in [0.05, 0.1) is 0 Å². The molecule has 0 atom stereocenters. The van der Waals surface area contributed by atoms with Gasteiger partial charge < -0.3 is 0 Å². The van der Waals surface area contributed by atoms with Crippen LogP contribution in [0, 0.1) is 0 Å². The molecule has 0 fully saturated rings. The average molecular weight is 139 g/mol. The maximum Gasteiger partial charge on any atom is 0.108 e. The number of hydrogen-bond donors (Lipinski definition) is 0. The van der Waals surface area contributed by atoms with Crippen molar-refractivity contribution in [1.82, 2.24) is 0 Å². The van der Waals surface area contributed by atoms with E-state index in [1.54, 1.807) is 6.08 Å². The van der Waals surface area contributed by atoms with E-state index in [9.17, 15) is 0 Å². The maximum atomic E-state index is 5.37. The van der Waals surface area contributed by atoms with Gasteiger partial charge in [-0.2, -0.15) is 0 Å². The number of alkyl halides is 2. The van der Waals surface area contributed by atoms with E-state index in [1.807, 2.05) is 0 Å². The molecule has 0 aromatic rings. The van der Waals surface area contributed by atoms with Crippen molar-refractivity contribution in [2.45, 2.75) is 17.7 Å². The van der Waals surface area contributed by atoms with E-state index in [0.29, 0.717) is 0 Å². The van der Waals surface area contributed by atoms with Gasteiger partial charge in [-0.25, -0.2) is 0 Å². The Morgan fingerprint density at radius 1 is 1.57 bits per heavy atom. The first-order chi connectivity index (χ1) is 3.27. The van der Waals surface area contributed by atoms with E-state index in [1.165, 1.54) is 0 Å². The van der Waals surface area contributed by atoms with Crippen LogP contribution < -0.4 is 0 Å².